The minimum atomic E-state index is -5.42. The molecule has 13 heteroatoms. The van der Waals surface area contributed by atoms with Crippen LogP contribution in [-0.2, 0) is 18.9 Å². The molecule has 0 saturated carbocycles. The van der Waals surface area contributed by atoms with Crippen molar-refractivity contribution in [3.63, 3.8) is 0 Å². The molecule has 0 fully saturated rings. The zero-order valence-corrected chi connectivity index (χ0v) is 13.6. The molecule has 0 spiro atoms. The van der Waals surface area contributed by atoms with Gasteiger partial charge in [-0.3, -0.25) is 0 Å². The van der Waals surface area contributed by atoms with E-state index in [2.05, 4.69) is 20.5 Å². The number of benzene rings is 1. The lowest BCUT2D eigenvalue weighted by Crippen LogP contribution is -2.52. The number of nitrogens with zero attached hydrogens (tertiary/aromatic N) is 5. The SMILES string of the molecule is NC1=NN=N[N@+]1(Cc1cccnc1F)c1cccc(C(F)(F)F)c1C(F)(F)F. The van der Waals surface area contributed by atoms with Gasteiger partial charge in [-0.25, -0.2) is 4.98 Å². The molecular formula is C15H10F7N6+. The third-order valence-corrected chi connectivity index (χ3v) is 3.98. The highest BCUT2D eigenvalue weighted by Gasteiger charge is 2.53. The molecule has 0 amide bonds. The number of nitrogens with two attached hydrogens (primary N) is 1. The first-order valence-corrected chi connectivity index (χ1v) is 7.48. The van der Waals surface area contributed by atoms with Crippen molar-refractivity contribution in [2.24, 2.45) is 21.3 Å². The van der Waals surface area contributed by atoms with Gasteiger partial charge in [-0.15, -0.1) is 0 Å². The van der Waals surface area contributed by atoms with Gasteiger partial charge in [-0.1, -0.05) is 10.7 Å². The number of guanidine groups is 1. The van der Waals surface area contributed by atoms with E-state index >= 15 is 0 Å². The number of quaternary nitrogens is 1. The van der Waals surface area contributed by atoms with Gasteiger partial charge in [-0.05, 0) is 23.3 Å². The quantitative estimate of drug-likeness (QED) is 0.466. The molecule has 0 bridgehead atoms. The maximum atomic E-state index is 14.0. The van der Waals surface area contributed by atoms with Gasteiger partial charge in [-0.2, -0.15) is 30.7 Å². The maximum Gasteiger partial charge on any atom is 0.422 e. The largest absolute Gasteiger partial charge is 0.422 e. The second kappa shape index (κ2) is 6.51. The summed E-state index contributed by atoms with van der Waals surface area (Å²) in [7, 11) is 0. The summed E-state index contributed by atoms with van der Waals surface area (Å²) in [5.74, 6) is -1.71. The van der Waals surface area contributed by atoms with E-state index in [1.54, 1.807) is 0 Å². The molecule has 0 saturated heterocycles. The predicted octanol–water partition coefficient (Wildman–Crippen LogP) is 4.38. The smallest absolute Gasteiger partial charge is 0.334 e. The summed E-state index contributed by atoms with van der Waals surface area (Å²) < 4.78 is 93.3. The van der Waals surface area contributed by atoms with Crippen LogP contribution in [0.4, 0.5) is 36.4 Å². The normalized spacial score (nSPS) is 19.8. The van der Waals surface area contributed by atoms with Crippen molar-refractivity contribution >= 4 is 11.6 Å². The molecule has 1 aliphatic heterocycles. The highest BCUT2D eigenvalue weighted by molar-refractivity contribution is 5.91. The molecule has 0 unspecified atom stereocenters. The van der Waals surface area contributed by atoms with Gasteiger partial charge in [0.25, 0.3) is 0 Å². The first kappa shape index (κ1) is 19.7. The Kier molecular flexibility index (Phi) is 4.57. The molecule has 148 valence electrons. The molecule has 28 heavy (non-hydrogen) atoms. The molecule has 0 radical (unpaired) electrons. The van der Waals surface area contributed by atoms with Gasteiger partial charge >= 0.3 is 18.3 Å². The van der Waals surface area contributed by atoms with Crippen LogP contribution in [0, 0.1) is 5.95 Å². The van der Waals surface area contributed by atoms with Gasteiger partial charge < -0.3 is 5.73 Å². The lowest BCUT2D eigenvalue weighted by molar-refractivity contribution is -0.162. The Bertz CT molecular complexity index is 966. The number of halogens is 7. The fraction of sp³-hybridized carbons (Fsp3) is 0.200. The van der Waals surface area contributed by atoms with Gasteiger partial charge in [0, 0.05) is 17.5 Å². The molecule has 1 aromatic carbocycles. The van der Waals surface area contributed by atoms with E-state index in [-0.39, 0.29) is 11.6 Å². The summed E-state index contributed by atoms with van der Waals surface area (Å²) in [6.45, 7) is -0.719. The summed E-state index contributed by atoms with van der Waals surface area (Å²) >= 11 is 0. The van der Waals surface area contributed by atoms with Crippen molar-refractivity contribution < 1.29 is 30.7 Å². The molecule has 2 aromatic rings. The molecule has 6 nitrogen and oxygen atoms in total. The fourth-order valence-corrected chi connectivity index (χ4v) is 2.79. The molecule has 1 atom stereocenters. The van der Waals surface area contributed by atoms with Crippen molar-refractivity contribution in [2.45, 2.75) is 18.9 Å². The number of aromatic nitrogens is 1. The minimum absolute atomic E-state index is 0.243. The van der Waals surface area contributed by atoms with E-state index in [9.17, 15) is 30.7 Å². The van der Waals surface area contributed by atoms with E-state index in [4.69, 9.17) is 5.73 Å². The summed E-state index contributed by atoms with van der Waals surface area (Å²) in [6, 6.07) is 4.30. The van der Waals surface area contributed by atoms with Crippen molar-refractivity contribution in [1.82, 2.24) is 9.58 Å². The van der Waals surface area contributed by atoms with Crippen LogP contribution in [0.5, 0.6) is 0 Å². The Morgan fingerprint density at radius 3 is 2.21 bits per heavy atom. The molecule has 1 aromatic heterocycles. The maximum absolute atomic E-state index is 14.0. The van der Waals surface area contributed by atoms with Crippen molar-refractivity contribution in [3.05, 3.63) is 59.2 Å². The van der Waals surface area contributed by atoms with E-state index in [0.29, 0.717) is 0 Å². The Labute approximate surface area is 152 Å². The van der Waals surface area contributed by atoms with Crippen LogP contribution in [0.3, 0.4) is 0 Å². The predicted molar refractivity (Wildman–Crippen MR) is 82.6 cm³/mol. The molecule has 3 rings (SSSR count). The van der Waals surface area contributed by atoms with Crippen LogP contribution in [0.2, 0.25) is 0 Å². The average molecular weight is 407 g/mol. The van der Waals surface area contributed by atoms with Crippen LogP contribution >= 0.6 is 0 Å². The van der Waals surface area contributed by atoms with Crippen LogP contribution in [0.1, 0.15) is 16.7 Å². The number of pyridine rings is 1. The second-order valence-electron chi connectivity index (χ2n) is 5.71. The third-order valence-electron chi connectivity index (χ3n) is 3.98. The van der Waals surface area contributed by atoms with Crippen LogP contribution in [-0.4, -0.2) is 10.9 Å². The van der Waals surface area contributed by atoms with Crippen molar-refractivity contribution in [1.29, 1.82) is 0 Å². The van der Waals surface area contributed by atoms with Gasteiger partial charge in [0.05, 0.1) is 16.4 Å². The zero-order chi connectivity index (χ0) is 20.7. The standard InChI is InChI=1S/C15H10F7N6/c16-12-8(3-2-6-24-12)7-28(13(23)25-26-27-28)10-5-1-4-9(14(17,18)19)11(10)15(20,21)22/h1-6H,7H2,(H2,23,25,27)/q+1/t28-/m1/s1. The van der Waals surface area contributed by atoms with Crippen LogP contribution < -0.4 is 10.3 Å². The minimum Gasteiger partial charge on any atom is -0.334 e. The lowest BCUT2D eigenvalue weighted by Gasteiger charge is -2.28. The first-order valence-electron chi connectivity index (χ1n) is 7.48. The van der Waals surface area contributed by atoms with Gasteiger partial charge in [0.15, 0.2) is 5.69 Å². The second-order valence-corrected chi connectivity index (χ2v) is 5.71. The van der Waals surface area contributed by atoms with Crippen LogP contribution in [0.15, 0.2) is 52.1 Å². The number of hydrogen-bond donors (Lipinski definition) is 1. The number of rotatable bonds is 3. The zero-order valence-electron chi connectivity index (χ0n) is 13.6. The Balaban J connectivity index is 2.31. The van der Waals surface area contributed by atoms with Crippen molar-refractivity contribution in [2.75, 3.05) is 0 Å². The summed E-state index contributed by atoms with van der Waals surface area (Å²) in [6.07, 6.45) is -9.64. The van der Waals surface area contributed by atoms with Crippen molar-refractivity contribution in [3.8, 4) is 0 Å². The summed E-state index contributed by atoms with van der Waals surface area (Å²) in [4.78, 5) is 3.37. The Morgan fingerprint density at radius 1 is 0.964 bits per heavy atom. The topological polar surface area (TPSA) is 76.0 Å². The average Bonchev–Trinajstić information content (AvgIpc) is 2.96. The number of alkyl halides is 6. The first-order chi connectivity index (χ1) is 13.0. The highest BCUT2D eigenvalue weighted by atomic mass is 19.4. The molecular weight excluding hydrogens is 397 g/mol. The summed E-state index contributed by atoms with van der Waals surface area (Å²) in [5, 5.41) is 10.1. The van der Waals surface area contributed by atoms with Gasteiger partial charge in [0.2, 0.25) is 5.95 Å². The molecule has 0 aliphatic carbocycles. The van der Waals surface area contributed by atoms with E-state index < -0.39 is 52.2 Å². The Hall–Kier alpha value is -3.09. The fourth-order valence-electron chi connectivity index (χ4n) is 2.79. The summed E-state index contributed by atoms with van der Waals surface area (Å²) in [5.41, 5.74) is 0.480. The molecule has 1 aliphatic rings. The third kappa shape index (κ3) is 3.28. The highest BCUT2D eigenvalue weighted by Crippen LogP contribution is 2.47. The van der Waals surface area contributed by atoms with E-state index in [1.165, 1.54) is 12.1 Å². The van der Waals surface area contributed by atoms with Crippen LogP contribution in [0.25, 0.3) is 0 Å². The Morgan fingerprint density at radius 2 is 1.68 bits per heavy atom. The van der Waals surface area contributed by atoms with E-state index in [1.807, 2.05) is 0 Å². The lowest BCUT2D eigenvalue weighted by atomic mass is 10.0. The molecule has 2 heterocycles. The monoisotopic (exact) mass is 407 g/mol. The molecule has 2 N–H and O–H groups in total. The van der Waals surface area contributed by atoms with Gasteiger partial charge in [0.1, 0.15) is 12.1 Å². The number of hydrogen-bond acceptors (Lipinski definition) is 5. The van der Waals surface area contributed by atoms with E-state index in [0.717, 1.165) is 18.3 Å².